The second-order valence-electron chi connectivity index (χ2n) is 5.13. The van der Waals surface area contributed by atoms with E-state index in [1.807, 2.05) is 26.0 Å². The summed E-state index contributed by atoms with van der Waals surface area (Å²) in [5, 5.41) is 0. The molecule has 0 heterocycles. The number of benzene rings is 1. The number of hydrogen-bond acceptors (Lipinski definition) is 2. The van der Waals surface area contributed by atoms with Crippen LogP contribution in [0.25, 0.3) is 0 Å². The maximum Gasteiger partial charge on any atom is 0.243 e. The van der Waals surface area contributed by atoms with Gasteiger partial charge in [-0.2, -0.15) is 4.31 Å². The van der Waals surface area contributed by atoms with Crippen molar-refractivity contribution < 1.29 is 8.42 Å². The van der Waals surface area contributed by atoms with Gasteiger partial charge in [0.15, 0.2) is 0 Å². The zero-order chi connectivity index (χ0) is 14.5. The van der Waals surface area contributed by atoms with Crippen molar-refractivity contribution in [3.63, 3.8) is 0 Å². The number of rotatable bonds is 7. The molecule has 3 nitrogen and oxygen atoms in total. The lowest BCUT2D eigenvalue weighted by atomic mass is 10.0. The molecular formula is C15H25NO2S. The Morgan fingerprint density at radius 1 is 1.00 bits per heavy atom. The first kappa shape index (κ1) is 16.2. The van der Waals surface area contributed by atoms with E-state index in [2.05, 4.69) is 13.8 Å². The Hall–Kier alpha value is -0.870. The third-order valence-electron chi connectivity index (χ3n) is 3.13. The summed E-state index contributed by atoms with van der Waals surface area (Å²) in [6.45, 7) is 9.37. The summed E-state index contributed by atoms with van der Waals surface area (Å²) in [4.78, 5) is 0.402. The van der Waals surface area contributed by atoms with Gasteiger partial charge in [0.05, 0.1) is 4.90 Å². The highest BCUT2D eigenvalue weighted by Gasteiger charge is 2.22. The third kappa shape index (κ3) is 4.05. The van der Waals surface area contributed by atoms with E-state index in [0.29, 0.717) is 23.9 Å². The maximum absolute atomic E-state index is 12.5. The summed E-state index contributed by atoms with van der Waals surface area (Å²) in [5.41, 5.74) is 1.16. The molecule has 0 spiro atoms. The Morgan fingerprint density at radius 3 is 1.84 bits per heavy atom. The standard InChI is InChI=1S/C15H25NO2S/c1-5-11-16(12-6-2)19(17,18)15-9-7-14(8-10-15)13(3)4/h7-10,13H,5-6,11-12H2,1-4H3. The van der Waals surface area contributed by atoms with Crippen LogP contribution in [0.5, 0.6) is 0 Å². The second-order valence-corrected chi connectivity index (χ2v) is 7.07. The molecule has 19 heavy (non-hydrogen) atoms. The minimum absolute atomic E-state index is 0.402. The summed E-state index contributed by atoms with van der Waals surface area (Å²) < 4.78 is 26.6. The number of sulfonamides is 1. The number of nitrogens with zero attached hydrogens (tertiary/aromatic N) is 1. The third-order valence-corrected chi connectivity index (χ3v) is 5.04. The van der Waals surface area contributed by atoms with E-state index in [-0.39, 0.29) is 0 Å². The largest absolute Gasteiger partial charge is 0.243 e. The van der Waals surface area contributed by atoms with Crippen LogP contribution in [0.1, 0.15) is 52.0 Å². The highest BCUT2D eigenvalue weighted by molar-refractivity contribution is 7.89. The first-order chi connectivity index (χ1) is 8.93. The van der Waals surface area contributed by atoms with E-state index in [1.165, 1.54) is 0 Å². The maximum atomic E-state index is 12.5. The van der Waals surface area contributed by atoms with Crippen LogP contribution in [0.3, 0.4) is 0 Å². The smallest absolute Gasteiger partial charge is 0.207 e. The molecule has 0 atom stereocenters. The van der Waals surface area contributed by atoms with Crippen molar-refractivity contribution in [1.82, 2.24) is 4.31 Å². The molecule has 0 saturated heterocycles. The van der Waals surface area contributed by atoms with Gasteiger partial charge in [-0.15, -0.1) is 0 Å². The van der Waals surface area contributed by atoms with Gasteiger partial charge in [-0.3, -0.25) is 0 Å². The predicted molar refractivity (Wildman–Crippen MR) is 79.9 cm³/mol. The molecule has 0 aromatic heterocycles. The van der Waals surface area contributed by atoms with Crippen LogP contribution in [0, 0.1) is 0 Å². The molecule has 0 unspecified atom stereocenters. The SMILES string of the molecule is CCCN(CCC)S(=O)(=O)c1ccc(C(C)C)cc1. The van der Waals surface area contributed by atoms with E-state index in [1.54, 1.807) is 16.4 Å². The van der Waals surface area contributed by atoms with Gasteiger partial charge in [-0.05, 0) is 36.5 Å². The molecule has 0 aliphatic carbocycles. The highest BCUT2D eigenvalue weighted by Crippen LogP contribution is 2.20. The van der Waals surface area contributed by atoms with E-state index in [9.17, 15) is 8.42 Å². The minimum Gasteiger partial charge on any atom is -0.207 e. The van der Waals surface area contributed by atoms with Gasteiger partial charge in [0.1, 0.15) is 0 Å². The predicted octanol–water partition coefficient (Wildman–Crippen LogP) is 3.62. The van der Waals surface area contributed by atoms with Gasteiger partial charge in [0, 0.05) is 13.1 Å². The van der Waals surface area contributed by atoms with Crippen LogP contribution in [-0.4, -0.2) is 25.8 Å². The molecule has 0 aliphatic rings. The second kappa shape index (κ2) is 7.06. The zero-order valence-corrected chi connectivity index (χ0v) is 13.2. The summed E-state index contributed by atoms with van der Waals surface area (Å²) in [5.74, 6) is 0.416. The van der Waals surface area contributed by atoms with Gasteiger partial charge in [0.25, 0.3) is 0 Å². The molecule has 0 radical (unpaired) electrons. The lowest BCUT2D eigenvalue weighted by Crippen LogP contribution is -2.32. The van der Waals surface area contributed by atoms with Crippen molar-refractivity contribution in [2.75, 3.05) is 13.1 Å². The van der Waals surface area contributed by atoms with Crippen LogP contribution in [0.15, 0.2) is 29.2 Å². The summed E-state index contributed by atoms with van der Waals surface area (Å²) in [7, 11) is -3.33. The fraction of sp³-hybridized carbons (Fsp3) is 0.600. The van der Waals surface area contributed by atoms with Crippen molar-refractivity contribution in [2.45, 2.75) is 51.3 Å². The van der Waals surface area contributed by atoms with E-state index < -0.39 is 10.0 Å². The molecule has 0 fully saturated rings. The Morgan fingerprint density at radius 2 is 1.47 bits per heavy atom. The molecule has 0 aliphatic heterocycles. The lowest BCUT2D eigenvalue weighted by Gasteiger charge is -2.21. The van der Waals surface area contributed by atoms with Crippen LogP contribution in [0.2, 0.25) is 0 Å². The molecule has 1 aromatic rings. The molecule has 4 heteroatoms. The van der Waals surface area contributed by atoms with Crippen molar-refractivity contribution in [1.29, 1.82) is 0 Å². The van der Waals surface area contributed by atoms with E-state index >= 15 is 0 Å². The van der Waals surface area contributed by atoms with Crippen LogP contribution in [0.4, 0.5) is 0 Å². The van der Waals surface area contributed by atoms with Crippen LogP contribution in [-0.2, 0) is 10.0 Å². The lowest BCUT2D eigenvalue weighted by molar-refractivity contribution is 0.410. The van der Waals surface area contributed by atoms with Crippen molar-refractivity contribution in [3.8, 4) is 0 Å². The van der Waals surface area contributed by atoms with Gasteiger partial charge in [0.2, 0.25) is 10.0 Å². The molecule has 0 N–H and O–H groups in total. The van der Waals surface area contributed by atoms with E-state index in [4.69, 9.17) is 0 Å². The van der Waals surface area contributed by atoms with Crippen LogP contribution < -0.4 is 0 Å². The Labute approximate surface area is 117 Å². The Bertz CT molecular complexity index is 471. The van der Waals surface area contributed by atoms with Crippen molar-refractivity contribution >= 4 is 10.0 Å². The molecule has 1 aromatic carbocycles. The molecule has 0 bridgehead atoms. The highest BCUT2D eigenvalue weighted by atomic mass is 32.2. The number of hydrogen-bond donors (Lipinski definition) is 0. The van der Waals surface area contributed by atoms with Gasteiger partial charge in [-0.1, -0.05) is 39.8 Å². The molecule has 108 valence electrons. The first-order valence-corrected chi connectivity index (χ1v) is 8.47. The Kier molecular flexibility index (Phi) is 6.01. The van der Waals surface area contributed by atoms with E-state index in [0.717, 1.165) is 18.4 Å². The fourth-order valence-corrected chi connectivity index (χ4v) is 3.65. The fourth-order valence-electron chi connectivity index (χ4n) is 2.02. The average molecular weight is 283 g/mol. The molecular weight excluding hydrogens is 258 g/mol. The summed E-state index contributed by atoms with van der Waals surface area (Å²) >= 11 is 0. The van der Waals surface area contributed by atoms with Crippen molar-refractivity contribution in [2.24, 2.45) is 0 Å². The molecule has 0 saturated carbocycles. The normalized spacial score (nSPS) is 12.3. The van der Waals surface area contributed by atoms with Crippen molar-refractivity contribution in [3.05, 3.63) is 29.8 Å². The van der Waals surface area contributed by atoms with Gasteiger partial charge >= 0.3 is 0 Å². The van der Waals surface area contributed by atoms with Crippen LogP contribution >= 0.6 is 0 Å². The monoisotopic (exact) mass is 283 g/mol. The quantitative estimate of drug-likeness (QED) is 0.766. The Balaban J connectivity index is 3.03. The summed E-state index contributed by atoms with van der Waals surface area (Å²) in [6.07, 6.45) is 1.67. The van der Waals surface area contributed by atoms with Gasteiger partial charge in [-0.25, -0.2) is 8.42 Å². The summed E-state index contributed by atoms with van der Waals surface area (Å²) in [6, 6.07) is 7.27. The molecule has 1 rings (SSSR count). The molecule has 0 amide bonds. The minimum atomic E-state index is -3.33. The topological polar surface area (TPSA) is 37.4 Å². The first-order valence-electron chi connectivity index (χ1n) is 7.03. The average Bonchev–Trinajstić information content (AvgIpc) is 2.38. The van der Waals surface area contributed by atoms with Gasteiger partial charge < -0.3 is 0 Å². The zero-order valence-electron chi connectivity index (χ0n) is 12.4.